The fourth-order valence-electron chi connectivity index (χ4n) is 4.26. The number of aromatic nitrogens is 1. The quantitative estimate of drug-likeness (QED) is 0.579. The lowest BCUT2D eigenvalue weighted by molar-refractivity contribution is 0.178. The highest BCUT2D eigenvalue weighted by Crippen LogP contribution is 2.41. The van der Waals surface area contributed by atoms with Crippen molar-refractivity contribution in [2.24, 2.45) is 0 Å². The Labute approximate surface area is 154 Å². The number of hydrogen-bond acceptors (Lipinski definition) is 1. The predicted octanol–water partition coefficient (Wildman–Crippen LogP) is 5.87. The van der Waals surface area contributed by atoms with Crippen LogP contribution in [0.5, 0.6) is 0 Å². The second-order valence-electron chi connectivity index (χ2n) is 7.59. The Balaban J connectivity index is 2.01. The smallest absolute Gasteiger partial charge is 0.190 e. The number of fused-ring (bicyclic) bond motifs is 1. The molecule has 0 unspecified atom stereocenters. The Morgan fingerprint density at radius 2 is 1.88 bits per heavy atom. The van der Waals surface area contributed by atoms with Gasteiger partial charge in [-0.05, 0) is 79.8 Å². The van der Waals surface area contributed by atoms with Crippen LogP contribution in [0.25, 0.3) is 26.9 Å². The van der Waals surface area contributed by atoms with Crippen LogP contribution in [0.15, 0.2) is 36.5 Å². The van der Waals surface area contributed by atoms with Crippen molar-refractivity contribution in [3.05, 3.63) is 64.6 Å². The summed E-state index contributed by atoms with van der Waals surface area (Å²) in [5, 5.41) is 11.2. The SMILES string of the molecule is [C-]#[N+]c1cc2c(-c3cccc(C)c3C)cn([C@@H]3CC[C@@H](O)C3)c2cc1C. The molecule has 0 radical (unpaired) electrons. The standard InChI is InChI=1S/C23H24N2O/c1-14-6-5-7-19(16(14)3)21-13-25(17-8-9-18(26)11-17)23-10-15(2)22(24-4)12-20(21)23/h5-7,10,12-13,17-18,26H,8-9,11H2,1-3H3/t17-,18-/m1/s1. The van der Waals surface area contributed by atoms with Crippen molar-refractivity contribution in [1.82, 2.24) is 4.57 Å². The molecule has 3 heteroatoms. The fourth-order valence-corrected chi connectivity index (χ4v) is 4.26. The summed E-state index contributed by atoms with van der Waals surface area (Å²) in [6, 6.07) is 10.9. The summed E-state index contributed by atoms with van der Waals surface area (Å²) < 4.78 is 2.34. The average Bonchev–Trinajstić information content (AvgIpc) is 3.20. The van der Waals surface area contributed by atoms with Gasteiger partial charge in [-0.1, -0.05) is 18.2 Å². The van der Waals surface area contributed by atoms with Crippen LogP contribution in [0.3, 0.4) is 0 Å². The van der Waals surface area contributed by atoms with Crippen molar-refractivity contribution >= 4 is 16.6 Å². The van der Waals surface area contributed by atoms with Gasteiger partial charge in [0.05, 0.1) is 12.7 Å². The van der Waals surface area contributed by atoms with E-state index in [0.717, 1.165) is 30.2 Å². The lowest BCUT2D eigenvalue weighted by Crippen LogP contribution is -2.06. The maximum Gasteiger partial charge on any atom is 0.190 e. The van der Waals surface area contributed by atoms with Crippen molar-refractivity contribution < 1.29 is 5.11 Å². The summed E-state index contributed by atoms with van der Waals surface area (Å²) in [4.78, 5) is 3.71. The number of aliphatic hydroxyl groups excluding tert-OH is 1. The zero-order valence-corrected chi connectivity index (χ0v) is 15.6. The molecule has 0 spiro atoms. The minimum Gasteiger partial charge on any atom is -0.393 e. The molecule has 3 nitrogen and oxygen atoms in total. The van der Waals surface area contributed by atoms with Crippen molar-refractivity contribution in [3.63, 3.8) is 0 Å². The van der Waals surface area contributed by atoms with E-state index in [1.54, 1.807) is 0 Å². The fraction of sp³-hybridized carbons (Fsp3) is 0.348. The van der Waals surface area contributed by atoms with Crippen LogP contribution >= 0.6 is 0 Å². The van der Waals surface area contributed by atoms with Gasteiger partial charge in [-0.3, -0.25) is 0 Å². The van der Waals surface area contributed by atoms with E-state index < -0.39 is 0 Å². The highest BCUT2D eigenvalue weighted by Gasteiger charge is 2.26. The Morgan fingerprint density at radius 3 is 2.58 bits per heavy atom. The van der Waals surface area contributed by atoms with E-state index in [-0.39, 0.29) is 6.10 Å². The van der Waals surface area contributed by atoms with Crippen molar-refractivity contribution in [3.8, 4) is 11.1 Å². The van der Waals surface area contributed by atoms with Crippen LogP contribution < -0.4 is 0 Å². The molecule has 3 aromatic rings. The minimum absolute atomic E-state index is 0.204. The third-order valence-electron chi connectivity index (χ3n) is 5.94. The average molecular weight is 344 g/mol. The normalized spacial score (nSPS) is 19.8. The first-order valence-corrected chi connectivity index (χ1v) is 9.27. The molecule has 0 bridgehead atoms. The first-order chi connectivity index (χ1) is 12.5. The summed E-state index contributed by atoms with van der Waals surface area (Å²) in [6.45, 7) is 13.8. The van der Waals surface area contributed by atoms with E-state index in [0.29, 0.717) is 11.7 Å². The molecule has 4 rings (SSSR count). The molecule has 1 fully saturated rings. The Morgan fingerprint density at radius 1 is 1.08 bits per heavy atom. The van der Waals surface area contributed by atoms with Crippen molar-refractivity contribution in [2.75, 3.05) is 0 Å². The van der Waals surface area contributed by atoms with E-state index in [1.165, 1.54) is 27.8 Å². The third-order valence-corrected chi connectivity index (χ3v) is 5.94. The summed E-state index contributed by atoms with van der Waals surface area (Å²) in [6.07, 6.45) is 4.70. The highest BCUT2D eigenvalue weighted by molar-refractivity contribution is 5.99. The van der Waals surface area contributed by atoms with Gasteiger partial charge in [-0.2, -0.15) is 0 Å². The summed E-state index contributed by atoms with van der Waals surface area (Å²) in [5.74, 6) is 0. The van der Waals surface area contributed by atoms with E-state index in [1.807, 2.05) is 13.0 Å². The second kappa shape index (κ2) is 6.30. The van der Waals surface area contributed by atoms with Crippen LogP contribution in [-0.2, 0) is 0 Å². The summed E-state index contributed by atoms with van der Waals surface area (Å²) in [5.41, 5.74) is 7.87. The van der Waals surface area contributed by atoms with Gasteiger partial charge >= 0.3 is 0 Å². The van der Waals surface area contributed by atoms with Gasteiger partial charge in [0.2, 0.25) is 0 Å². The Hall–Kier alpha value is -2.57. The maximum absolute atomic E-state index is 10.0. The molecule has 26 heavy (non-hydrogen) atoms. The monoisotopic (exact) mass is 344 g/mol. The van der Waals surface area contributed by atoms with Gasteiger partial charge < -0.3 is 9.67 Å². The summed E-state index contributed by atoms with van der Waals surface area (Å²) in [7, 11) is 0. The third kappa shape index (κ3) is 2.62. The highest BCUT2D eigenvalue weighted by atomic mass is 16.3. The molecule has 1 saturated carbocycles. The number of nitrogens with zero attached hydrogens (tertiary/aromatic N) is 2. The first-order valence-electron chi connectivity index (χ1n) is 9.27. The van der Waals surface area contributed by atoms with Gasteiger partial charge in [0.25, 0.3) is 0 Å². The minimum atomic E-state index is -0.204. The van der Waals surface area contributed by atoms with Gasteiger partial charge in [0, 0.05) is 23.3 Å². The maximum atomic E-state index is 10.0. The molecule has 1 N–H and O–H groups in total. The predicted molar refractivity (Wildman–Crippen MR) is 107 cm³/mol. The molecule has 2 atom stereocenters. The molecule has 1 heterocycles. The molecule has 1 aliphatic rings. The molecule has 1 aliphatic carbocycles. The van der Waals surface area contributed by atoms with Crippen LogP contribution in [0.2, 0.25) is 0 Å². The van der Waals surface area contributed by atoms with E-state index in [2.05, 4.69) is 53.7 Å². The number of benzene rings is 2. The zero-order valence-electron chi connectivity index (χ0n) is 15.6. The molecule has 0 aliphatic heterocycles. The first kappa shape index (κ1) is 16.9. The number of hydrogen-bond donors (Lipinski definition) is 1. The molecular formula is C23H24N2O. The Bertz CT molecular complexity index is 1040. The topological polar surface area (TPSA) is 29.5 Å². The van der Waals surface area contributed by atoms with E-state index in [9.17, 15) is 5.11 Å². The number of aliphatic hydroxyl groups is 1. The number of rotatable bonds is 2. The lowest BCUT2D eigenvalue weighted by atomic mass is 9.96. The molecule has 2 aromatic carbocycles. The van der Waals surface area contributed by atoms with Crippen LogP contribution in [0.4, 0.5) is 5.69 Å². The zero-order chi connectivity index (χ0) is 18.4. The van der Waals surface area contributed by atoms with Crippen LogP contribution in [-0.4, -0.2) is 15.8 Å². The lowest BCUT2D eigenvalue weighted by Gasteiger charge is -2.14. The molecule has 0 amide bonds. The second-order valence-corrected chi connectivity index (χ2v) is 7.59. The molecule has 132 valence electrons. The molecule has 0 saturated heterocycles. The number of aryl methyl sites for hydroxylation is 2. The van der Waals surface area contributed by atoms with Crippen LogP contribution in [0, 0.1) is 27.3 Å². The Kier molecular flexibility index (Phi) is 4.09. The molecular weight excluding hydrogens is 320 g/mol. The van der Waals surface area contributed by atoms with Gasteiger partial charge in [-0.25, -0.2) is 4.85 Å². The van der Waals surface area contributed by atoms with Gasteiger partial charge in [-0.15, -0.1) is 0 Å². The van der Waals surface area contributed by atoms with E-state index in [4.69, 9.17) is 6.57 Å². The van der Waals surface area contributed by atoms with Crippen molar-refractivity contribution in [1.29, 1.82) is 0 Å². The summed E-state index contributed by atoms with van der Waals surface area (Å²) >= 11 is 0. The van der Waals surface area contributed by atoms with Gasteiger partial charge in [0.1, 0.15) is 0 Å². The largest absolute Gasteiger partial charge is 0.393 e. The molecule has 1 aromatic heterocycles. The van der Waals surface area contributed by atoms with Gasteiger partial charge in [0.15, 0.2) is 5.69 Å². The van der Waals surface area contributed by atoms with E-state index >= 15 is 0 Å². The van der Waals surface area contributed by atoms with Crippen LogP contribution in [0.1, 0.15) is 42.0 Å². The van der Waals surface area contributed by atoms with Crippen molar-refractivity contribution in [2.45, 2.75) is 52.2 Å².